The fourth-order valence-corrected chi connectivity index (χ4v) is 1.88. The van der Waals surface area contributed by atoms with E-state index in [2.05, 4.69) is 12.1 Å². The molecule has 19 heavy (non-hydrogen) atoms. The van der Waals surface area contributed by atoms with Crippen LogP contribution in [0.3, 0.4) is 0 Å². The van der Waals surface area contributed by atoms with Crippen molar-refractivity contribution < 1.29 is 9.13 Å². The van der Waals surface area contributed by atoms with Crippen molar-refractivity contribution in [1.29, 1.82) is 0 Å². The van der Waals surface area contributed by atoms with Gasteiger partial charge in [0.25, 0.3) is 0 Å². The molecular weight excluding hydrogens is 241 g/mol. The summed E-state index contributed by atoms with van der Waals surface area (Å²) in [6.07, 6.45) is 0.832. The highest BCUT2D eigenvalue weighted by Crippen LogP contribution is 2.12. The van der Waals surface area contributed by atoms with Gasteiger partial charge in [0.1, 0.15) is 5.82 Å². The van der Waals surface area contributed by atoms with Crippen molar-refractivity contribution >= 4 is 0 Å². The van der Waals surface area contributed by atoms with Gasteiger partial charge in [-0.3, -0.25) is 0 Å². The second-order valence-corrected chi connectivity index (χ2v) is 4.42. The SMILES string of the molecule is NCc1ccc(F)c(COCCc2ccccc2)c1. The Labute approximate surface area is 113 Å². The molecule has 0 saturated heterocycles. The van der Waals surface area contributed by atoms with Gasteiger partial charge in [-0.2, -0.15) is 0 Å². The lowest BCUT2D eigenvalue weighted by atomic mass is 10.1. The zero-order chi connectivity index (χ0) is 13.5. The van der Waals surface area contributed by atoms with Crippen LogP contribution in [-0.4, -0.2) is 6.61 Å². The summed E-state index contributed by atoms with van der Waals surface area (Å²) in [6, 6.07) is 15.0. The minimum absolute atomic E-state index is 0.239. The molecule has 0 amide bonds. The van der Waals surface area contributed by atoms with Crippen LogP contribution in [0.1, 0.15) is 16.7 Å². The molecule has 0 spiro atoms. The average molecular weight is 259 g/mol. The Morgan fingerprint density at radius 1 is 1.00 bits per heavy atom. The maximum Gasteiger partial charge on any atom is 0.128 e. The first-order valence-corrected chi connectivity index (χ1v) is 6.38. The molecule has 0 aliphatic heterocycles. The monoisotopic (exact) mass is 259 g/mol. The highest BCUT2D eigenvalue weighted by atomic mass is 19.1. The fourth-order valence-electron chi connectivity index (χ4n) is 1.88. The standard InChI is InChI=1S/C16H18FNO/c17-16-7-6-14(11-18)10-15(16)12-19-9-8-13-4-2-1-3-5-13/h1-7,10H,8-9,11-12,18H2. The number of rotatable bonds is 6. The van der Waals surface area contributed by atoms with Gasteiger partial charge in [-0.05, 0) is 29.7 Å². The molecule has 0 heterocycles. The molecule has 3 heteroatoms. The molecule has 0 saturated carbocycles. The highest BCUT2D eigenvalue weighted by molar-refractivity contribution is 5.24. The summed E-state index contributed by atoms with van der Waals surface area (Å²) in [5.41, 5.74) is 8.24. The van der Waals surface area contributed by atoms with Gasteiger partial charge in [-0.25, -0.2) is 4.39 Å². The van der Waals surface area contributed by atoms with Gasteiger partial charge in [0.2, 0.25) is 0 Å². The van der Waals surface area contributed by atoms with Crippen LogP contribution < -0.4 is 5.73 Å². The number of nitrogens with two attached hydrogens (primary N) is 1. The second kappa shape index (κ2) is 7.02. The summed E-state index contributed by atoms with van der Waals surface area (Å²) >= 11 is 0. The topological polar surface area (TPSA) is 35.2 Å². The Morgan fingerprint density at radius 2 is 1.79 bits per heavy atom. The lowest BCUT2D eigenvalue weighted by Gasteiger charge is -2.07. The van der Waals surface area contributed by atoms with Gasteiger partial charge in [-0.15, -0.1) is 0 Å². The van der Waals surface area contributed by atoms with Crippen LogP contribution in [-0.2, 0) is 24.3 Å². The van der Waals surface area contributed by atoms with E-state index in [1.807, 2.05) is 18.2 Å². The van der Waals surface area contributed by atoms with E-state index in [4.69, 9.17) is 10.5 Å². The first-order valence-electron chi connectivity index (χ1n) is 6.38. The molecule has 100 valence electrons. The van der Waals surface area contributed by atoms with Gasteiger partial charge in [-0.1, -0.05) is 36.4 Å². The summed E-state index contributed by atoms with van der Waals surface area (Å²) in [5.74, 6) is -0.239. The molecule has 0 aromatic heterocycles. The van der Waals surface area contributed by atoms with Crippen LogP contribution >= 0.6 is 0 Å². The quantitative estimate of drug-likeness (QED) is 0.809. The lowest BCUT2D eigenvalue weighted by molar-refractivity contribution is 0.121. The smallest absolute Gasteiger partial charge is 0.128 e. The zero-order valence-corrected chi connectivity index (χ0v) is 10.8. The zero-order valence-electron chi connectivity index (χ0n) is 10.8. The van der Waals surface area contributed by atoms with Crippen LogP contribution in [0.5, 0.6) is 0 Å². The number of hydrogen-bond donors (Lipinski definition) is 1. The number of benzene rings is 2. The summed E-state index contributed by atoms with van der Waals surface area (Å²) in [7, 11) is 0. The van der Waals surface area contributed by atoms with Crippen molar-refractivity contribution in [3.63, 3.8) is 0 Å². The Kier molecular flexibility index (Phi) is 5.07. The molecule has 0 aliphatic carbocycles. The fraction of sp³-hybridized carbons (Fsp3) is 0.250. The van der Waals surface area contributed by atoms with E-state index in [0.29, 0.717) is 18.7 Å². The Balaban J connectivity index is 1.82. The molecule has 2 nitrogen and oxygen atoms in total. The molecule has 0 fully saturated rings. The van der Waals surface area contributed by atoms with E-state index >= 15 is 0 Å². The van der Waals surface area contributed by atoms with Crippen molar-refractivity contribution in [2.45, 2.75) is 19.6 Å². The number of halogens is 1. The number of ether oxygens (including phenoxy) is 1. The molecule has 2 aromatic rings. The third kappa shape index (κ3) is 4.16. The maximum atomic E-state index is 13.5. The lowest BCUT2D eigenvalue weighted by Crippen LogP contribution is -2.03. The molecule has 2 rings (SSSR count). The van der Waals surface area contributed by atoms with E-state index in [0.717, 1.165) is 12.0 Å². The average Bonchev–Trinajstić information content (AvgIpc) is 2.46. The summed E-state index contributed by atoms with van der Waals surface area (Å²) in [5, 5.41) is 0. The van der Waals surface area contributed by atoms with Gasteiger partial charge in [0.15, 0.2) is 0 Å². The molecule has 0 unspecified atom stereocenters. The summed E-state index contributed by atoms with van der Waals surface area (Å²) in [4.78, 5) is 0. The van der Waals surface area contributed by atoms with Crippen molar-refractivity contribution in [1.82, 2.24) is 0 Å². The van der Waals surface area contributed by atoms with Crippen molar-refractivity contribution in [2.24, 2.45) is 5.73 Å². The third-order valence-corrected chi connectivity index (χ3v) is 2.98. The van der Waals surface area contributed by atoms with Crippen molar-refractivity contribution in [3.8, 4) is 0 Å². The molecule has 0 aliphatic rings. The van der Waals surface area contributed by atoms with Crippen molar-refractivity contribution in [2.75, 3.05) is 6.61 Å². The molecule has 0 bridgehead atoms. The minimum atomic E-state index is -0.239. The Bertz CT molecular complexity index is 513. The van der Waals surface area contributed by atoms with Gasteiger partial charge >= 0.3 is 0 Å². The second-order valence-electron chi connectivity index (χ2n) is 4.42. The van der Waals surface area contributed by atoms with Crippen molar-refractivity contribution in [3.05, 3.63) is 71.0 Å². The van der Waals surface area contributed by atoms with Crippen LogP contribution in [0.4, 0.5) is 4.39 Å². The van der Waals surface area contributed by atoms with E-state index in [9.17, 15) is 4.39 Å². The summed E-state index contributed by atoms with van der Waals surface area (Å²) in [6.45, 7) is 1.28. The first-order chi connectivity index (χ1) is 9.29. The molecule has 2 N–H and O–H groups in total. The minimum Gasteiger partial charge on any atom is -0.376 e. The van der Waals surface area contributed by atoms with Gasteiger partial charge < -0.3 is 10.5 Å². The Morgan fingerprint density at radius 3 is 2.53 bits per heavy atom. The van der Waals surface area contributed by atoms with Crippen LogP contribution in [0.25, 0.3) is 0 Å². The predicted molar refractivity (Wildman–Crippen MR) is 74.1 cm³/mol. The molecular formula is C16H18FNO. The van der Waals surface area contributed by atoms with Crippen LogP contribution in [0, 0.1) is 5.82 Å². The normalized spacial score (nSPS) is 10.6. The molecule has 2 aromatic carbocycles. The van der Waals surface area contributed by atoms with E-state index in [-0.39, 0.29) is 12.4 Å². The van der Waals surface area contributed by atoms with Crippen LogP contribution in [0.2, 0.25) is 0 Å². The molecule has 0 atom stereocenters. The highest BCUT2D eigenvalue weighted by Gasteiger charge is 2.03. The largest absolute Gasteiger partial charge is 0.376 e. The number of hydrogen-bond acceptors (Lipinski definition) is 2. The maximum absolute atomic E-state index is 13.5. The predicted octanol–water partition coefficient (Wildman–Crippen LogP) is 3.04. The summed E-state index contributed by atoms with van der Waals surface area (Å²) < 4.78 is 19.1. The van der Waals surface area contributed by atoms with E-state index < -0.39 is 0 Å². The van der Waals surface area contributed by atoms with Gasteiger partial charge in [0, 0.05) is 12.1 Å². The van der Waals surface area contributed by atoms with Crippen LogP contribution in [0.15, 0.2) is 48.5 Å². The first kappa shape index (κ1) is 13.7. The third-order valence-electron chi connectivity index (χ3n) is 2.98. The Hall–Kier alpha value is -1.71. The molecule has 0 radical (unpaired) electrons. The van der Waals surface area contributed by atoms with Gasteiger partial charge in [0.05, 0.1) is 13.2 Å². The van der Waals surface area contributed by atoms with E-state index in [1.54, 1.807) is 12.1 Å². The van der Waals surface area contributed by atoms with E-state index in [1.165, 1.54) is 11.6 Å².